The molecule has 0 aliphatic carbocycles. The quantitative estimate of drug-likeness (QED) is 0.694. The summed E-state index contributed by atoms with van der Waals surface area (Å²) in [6, 6.07) is 15.6. The van der Waals surface area contributed by atoms with Crippen molar-refractivity contribution >= 4 is 45.2 Å². The molecule has 0 unspecified atom stereocenters. The molecule has 1 amide bonds. The summed E-state index contributed by atoms with van der Waals surface area (Å²) in [6.45, 7) is 2.18. The van der Waals surface area contributed by atoms with Crippen molar-refractivity contribution in [3.05, 3.63) is 57.9 Å². The lowest BCUT2D eigenvalue weighted by Crippen LogP contribution is -2.19. The minimum Gasteiger partial charge on any atom is -0.325 e. The third-order valence-electron chi connectivity index (χ3n) is 3.26. The Bertz CT molecular complexity index is 810. The lowest BCUT2D eigenvalue weighted by atomic mass is 10.3. The molecule has 21 heavy (non-hydrogen) atoms. The fourth-order valence-electron chi connectivity index (χ4n) is 2.31. The Labute approximate surface area is 136 Å². The number of nitrogens with zero attached hydrogens (tertiary/aromatic N) is 2. The lowest BCUT2D eigenvalue weighted by Gasteiger charge is -2.08. The highest BCUT2D eigenvalue weighted by Crippen LogP contribution is 2.16. The number of halogens is 1. The average molecular weight is 391 g/mol. The Balaban J connectivity index is 1.82. The van der Waals surface area contributed by atoms with Crippen molar-refractivity contribution in [2.24, 2.45) is 0 Å². The minimum absolute atomic E-state index is 0.0525. The Morgan fingerprint density at radius 2 is 2.05 bits per heavy atom. The van der Waals surface area contributed by atoms with Crippen molar-refractivity contribution in [2.75, 3.05) is 5.32 Å². The number of aryl methyl sites for hydroxylation is 1. The number of hydrogen-bond donors (Lipinski definition) is 1. The van der Waals surface area contributed by atoms with Gasteiger partial charge in [-0.2, -0.15) is 0 Å². The van der Waals surface area contributed by atoms with Gasteiger partial charge in [-0.05, 0) is 59.8 Å². The van der Waals surface area contributed by atoms with Crippen LogP contribution < -0.4 is 5.32 Å². The molecule has 0 aliphatic rings. The molecule has 3 aromatic rings. The summed E-state index contributed by atoms with van der Waals surface area (Å²) in [6.07, 6.45) is 0. The van der Waals surface area contributed by atoms with Crippen molar-refractivity contribution in [3.8, 4) is 0 Å². The van der Waals surface area contributed by atoms with Crippen LogP contribution in [-0.2, 0) is 11.3 Å². The number of hydrogen-bond acceptors (Lipinski definition) is 2. The number of para-hydroxylation sites is 2. The zero-order valence-electron chi connectivity index (χ0n) is 11.5. The van der Waals surface area contributed by atoms with Gasteiger partial charge in [0, 0.05) is 9.26 Å². The van der Waals surface area contributed by atoms with Crippen LogP contribution in [0, 0.1) is 10.5 Å². The van der Waals surface area contributed by atoms with Crippen LogP contribution in [0.1, 0.15) is 5.82 Å². The van der Waals surface area contributed by atoms with Crippen LogP contribution in [0.4, 0.5) is 5.69 Å². The zero-order valence-corrected chi connectivity index (χ0v) is 13.7. The number of imidazole rings is 1. The molecule has 0 aliphatic heterocycles. The molecule has 0 bridgehead atoms. The second-order valence-corrected chi connectivity index (χ2v) is 6.04. The molecule has 0 saturated heterocycles. The van der Waals surface area contributed by atoms with Gasteiger partial charge in [-0.15, -0.1) is 0 Å². The van der Waals surface area contributed by atoms with Gasteiger partial charge in [0.15, 0.2) is 0 Å². The largest absolute Gasteiger partial charge is 0.325 e. The van der Waals surface area contributed by atoms with E-state index in [0.29, 0.717) is 0 Å². The highest BCUT2D eigenvalue weighted by molar-refractivity contribution is 14.1. The van der Waals surface area contributed by atoms with Gasteiger partial charge >= 0.3 is 0 Å². The van der Waals surface area contributed by atoms with Crippen LogP contribution in [0.3, 0.4) is 0 Å². The van der Waals surface area contributed by atoms with Crippen LogP contribution in [0.25, 0.3) is 11.0 Å². The first-order chi connectivity index (χ1) is 10.1. The fraction of sp³-hybridized carbons (Fsp3) is 0.125. The Morgan fingerprint density at radius 3 is 2.86 bits per heavy atom. The van der Waals surface area contributed by atoms with Crippen molar-refractivity contribution in [1.29, 1.82) is 0 Å². The van der Waals surface area contributed by atoms with Gasteiger partial charge in [0.05, 0.1) is 11.0 Å². The molecule has 1 heterocycles. The van der Waals surface area contributed by atoms with Crippen LogP contribution in [0.5, 0.6) is 0 Å². The number of amides is 1. The molecule has 1 N–H and O–H groups in total. The monoisotopic (exact) mass is 391 g/mol. The maximum atomic E-state index is 12.2. The molecule has 5 heteroatoms. The van der Waals surface area contributed by atoms with Gasteiger partial charge < -0.3 is 9.88 Å². The summed E-state index contributed by atoms with van der Waals surface area (Å²) in [5.74, 6) is 0.789. The predicted molar refractivity (Wildman–Crippen MR) is 92.3 cm³/mol. The van der Waals surface area contributed by atoms with E-state index in [2.05, 4.69) is 32.9 Å². The smallest absolute Gasteiger partial charge is 0.244 e. The first-order valence-corrected chi connectivity index (χ1v) is 7.68. The number of anilines is 1. The Morgan fingerprint density at radius 1 is 1.24 bits per heavy atom. The summed E-state index contributed by atoms with van der Waals surface area (Å²) in [7, 11) is 0. The van der Waals surface area contributed by atoms with Gasteiger partial charge in [-0.1, -0.05) is 18.2 Å². The molecule has 3 rings (SSSR count). The van der Waals surface area contributed by atoms with Gasteiger partial charge in [-0.3, -0.25) is 4.79 Å². The molecule has 4 nitrogen and oxygen atoms in total. The van der Waals surface area contributed by atoms with E-state index in [0.717, 1.165) is 26.1 Å². The van der Waals surface area contributed by atoms with Crippen LogP contribution >= 0.6 is 22.6 Å². The second kappa shape index (κ2) is 5.85. The predicted octanol–water partition coefficient (Wildman–Crippen LogP) is 3.59. The standard InChI is InChI=1S/C16H14IN3O/c1-11-18-14-7-2-3-8-15(14)20(11)10-16(21)19-13-6-4-5-12(17)9-13/h2-9H,10H2,1H3,(H,19,21). The van der Waals surface area contributed by atoms with E-state index in [1.54, 1.807) is 0 Å². The fourth-order valence-corrected chi connectivity index (χ4v) is 2.85. The van der Waals surface area contributed by atoms with Crippen molar-refractivity contribution in [1.82, 2.24) is 9.55 Å². The van der Waals surface area contributed by atoms with Crippen LogP contribution in [-0.4, -0.2) is 15.5 Å². The first kappa shape index (κ1) is 14.1. The number of benzene rings is 2. The SMILES string of the molecule is Cc1nc2ccccc2n1CC(=O)Nc1cccc(I)c1. The summed E-state index contributed by atoms with van der Waals surface area (Å²) >= 11 is 2.23. The van der Waals surface area contributed by atoms with E-state index in [1.807, 2.05) is 60.0 Å². The van der Waals surface area contributed by atoms with E-state index < -0.39 is 0 Å². The third-order valence-corrected chi connectivity index (χ3v) is 3.93. The average Bonchev–Trinajstić information content (AvgIpc) is 2.75. The van der Waals surface area contributed by atoms with Crippen LogP contribution in [0.15, 0.2) is 48.5 Å². The highest BCUT2D eigenvalue weighted by Gasteiger charge is 2.10. The highest BCUT2D eigenvalue weighted by atomic mass is 127. The number of rotatable bonds is 3. The van der Waals surface area contributed by atoms with Crippen LogP contribution in [0.2, 0.25) is 0 Å². The van der Waals surface area contributed by atoms with Gasteiger partial charge in [0.2, 0.25) is 5.91 Å². The molecule has 0 atom stereocenters. The first-order valence-electron chi connectivity index (χ1n) is 6.61. The molecule has 106 valence electrons. The Hall–Kier alpha value is -1.89. The van der Waals surface area contributed by atoms with Crippen molar-refractivity contribution in [2.45, 2.75) is 13.5 Å². The van der Waals surface area contributed by atoms with Gasteiger partial charge in [0.25, 0.3) is 0 Å². The molecule has 0 saturated carbocycles. The van der Waals surface area contributed by atoms with E-state index in [4.69, 9.17) is 0 Å². The molecule has 0 radical (unpaired) electrons. The van der Waals surface area contributed by atoms with E-state index in [1.165, 1.54) is 0 Å². The number of aromatic nitrogens is 2. The van der Waals surface area contributed by atoms with Crippen molar-refractivity contribution < 1.29 is 4.79 Å². The summed E-state index contributed by atoms with van der Waals surface area (Å²) < 4.78 is 3.02. The minimum atomic E-state index is -0.0525. The summed E-state index contributed by atoms with van der Waals surface area (Å²) in [5.41, 5.74) is 2.71. The molecular formula is C16H14IN3O. The number of nitrogens with one attached hydrogen (secondary N) is 1. The number of fused-ring (bicyclic) bond motifs is 1. The zero-order chi connectivity index (χ0) is 14.8. The van der Waals surface area contributed by atoms with Gasteiger partial charge in [-0.25, -0.2) is 4.98 Å². The normalized spacial score (nSPS) is 10.8. The molecule has 0 spiro atoms. The maximum Gasteiger partial charge on any atom is 0.244 e. The molecular weight excluding hydrogens is 377 g/mol. The second-order valence-electron chi connectivity index (χ2n) is 4.79. The summed E-state index contributed by atoms with van der Waals surface area (Å²) in [5, 5.41) is 2.92. The lowest BCUT2D eigenvalue weighted by molar-refractivity contribution is -0.116. The number of carbonyl (C=O) groups excluding carboxylic acids is 1. The topological polar surface area (TPSA) is 46.9 Å². The molecule has 1 aromatic heterocycles. The maximum absolute atomic E-state index is 12.2. The molecule has 0 fully saturated rings. The molecule has 2 aromatic carbocycles. The van der Waals surface area contributed by atoms with Gasteiger partial charge in [0.1, 0.15) is 12.4 Å². The van der Waals surface area contributed by atoms with E-state index >= 15 is 0 Å². The van der Waals surface area contributed by atoms with E-state index in [9.17, 15) is 4.79 Å². The number of carbonyl (C=O) groups is 1. The van der Waals surface area contributed by atoms with Crippen molar-refractivity contribution in [3.63, 3.8) is 0 Å². The third kappa shape index (κ3) is 3.07. The van der Waals surface area contributed by atoms with E-state index in [-0.39, 0.29) is 12.5 Å². The Kier molecular flexibility index (Phi) is 3.92. The summed E-state index contributed by atoms with van der Waals surface area (Å²) in [4.78, 5) is 16.7.